The van der Waals surface area contributed by atoms with Crippen LogP contribution in [0.3, 0.4) is 0 Å². The fourth-order valence-corrected chi connectivity index (χ4v) is 3.06. The third-order valence-corrected chi connectivity index (χ3v) is 4.04. The fourth-order valence-electron chi connectivity index (χ4n) is 1.19. The lowest BCUT2D eigenvalue weighted by molar-refractivity contribution is -0.0906. The maximum atomic E-state index is 11.1. The smallest absolute Gasteiger partial charge is 0.311 e. The van der Waals surface area contributed by atoms with Crippen molar-refractivity contribution < 1.29 is 26.2 Å². The van der Waals surface area contributed by atoms with Gasteiger partial charge in [-0.3, -0.25) is 4.18 Å². The molecule has 3 saturated heterocycles. The zero-order valence-electron chi connectivity index (χ0n) is 7.92. The fraction of sp³-hybridized carbons (Fsp3) is 0.714. The first-order valence-electron chi connectivity index (χ1n) is 4.26. The van der Waals surface area contributed by atoms with E-state index in [0.717, 1.165) is 5.41 Å². The second-order valence-corrected chi connectivity index (χ2v) is 6.24. The molecule has 0 atom stereocenters. The van der Waals surface area contributed by atoms with Gasteiger partial charge in [-0.25, -0.2) is 0 Å². The summed E-state index contributed by atoms with van der Waals surface area (Å²) in [6.07, 6.45) is 0. The second-order valence-electron chi connectivity index (χ2n) is 3.47. The van der Waals surface area contributed by atoms with Crippen LogP contribution >= 0.6 is 8.60 Å². The quantitative estimate of drug-likeness (QED) is 0.545. The highest BCUT2D eigenvalue weighted by atomic mass is 32.2. The van der Waals surface area contributed by atoms with Crippen LogP contribution in [0.1, 0.15) is 0 Å². The van der Waals surface area contributed by atoms with Gasteiger partial charge in [0, 0.05) is 0 Å². The first-order chi connectivity index (χ1) is 7.05. The van der Waals surface area contributed by atoms with Crippen LogP contribution in [-0.4, -0.2) is 34.8 Å². The first-order valence-corrected chi connectivity index (χ1v) is 6.83. The summed E-state index contributed by atoms with van der Waals surface area (Å²) in [6.45, 7) is 4.37. The summed E-state index contributed by atoms with van der Waals surface area (Å²) in [7, 11) is -4.85. The Morgan fingerprint density at radius 3 is 2.33 bits per heavy atom. The van der Waals surface area contributed by atoms with Gasteiger partial charge in [-0.15, -0.1) is 0 Å². The van der Waals surface area contributed by atoms with Gasteiger partial charge in [0.15, 0.2) is 0 Å². The minimum absolute atomic E-state index is 0.00940. The van der Waals surface area contributed by atoms with Crippen LogP contribution in [0, 0.1) is 5.41 Å². The summed E-state index contributed by atoms with van der Waals surface area (Å²) in [5, 5.41) is 0.769. The van der Waals surface area contributed by atoms with Crippen molar-refractivity contribution in [2.75, 3.05) is 26.4 Å². The van der Waals surface area contributed by atoms with E-state index in [1.54, 1.807) is 0 Å². The maximum Gasteiger partial charge on any atom is 0.332 e. The van der Waals surface area contributed by atoms with Gasteiger partial charge >= 0.3 is 8.60 Å². The van der Waals surface area contributed by atoms with Gasteiger partial charge in [0.2, 0.25) is 0 Å². The van der Waals surface area contributed by atoms with E-state index in [4.69, 9.17) is 17.8 Å². The standard InChI is InChI=1S/C7H11O6PS/c1-2-15(8,9)13-6-7-3-10-14(11-4-7)12-5-7/h2H,1,3-6H2. The third-order valence-electron chi connectivity index (χ3n) is 2.16. The molecule has 0 radical (unpaired) electrons. The van der Waals surface area contributed by atoms with Gasteiger partial charge in [-0.2, -0.15) is 8.42 Å². The Bertz CT molecular complexity index is 331. The predicted molar refractivity (Wildman–Crippen MR) is 52.3 cm³/mol. The molecule has 3 rings (SSSR count). The molecule has 0 aromatic heterocycles. The van der Waals surface area contributed by atoms with E-state index in [-0.39, 0.29) is 6.61 Å². The minimum atomic E-state index is -3.65. The van der Waals surface area contributed by atoms with E-state index in [2.05, 4.69) is 6.58 Å². The Morgan fingerprint density at radius 2 is 1.87 bits per heavy atom. The van der Waals surface area contributed by atoms with Gasteiger partial charge in [0.25, 0.3) is 10.1 Å². The Kier molecular flexibility index (Phi) is 3.12. The zero-order valence-corrected chi connectivity index (χ0v) is 9.63. The van der Waals surface area contributed by atoms with E-state index >= 15 is 0 Å². The molecule has 0 aromatic carbocycles. The summed E-state index contributed by atoms with van der Waals surface area (Å²) >= 11 is 0. The van der Waals surface area contributed by atoms with Crippen molar-refractivity contribution in [1.82, 2.24) is 0 Å². The summed E-state index contributed by atoms with van der Waals surface area (Å²) in [5.41, 5.74) is -0.507. The zero-order chi connectivity index (χ0) is 10.9. The largest absolute Gasteiger partial charge is 0.332 e. The Balaban J connectivity index is 1.96. The Hall–Kier alpha value is -0.0400. The van der Waals surface area contributed by atoms with Crippen molar-refractivity contribution in [2.24, 2.45) is 5.41 Å². The molecule has 0 saturated carbocycles. The van der Waals surface area contributed by atoms with Crippen LogP contribution in [0.5, 0.6) is 0 Å². The predicted octanol–water partition coefficient (Wildman–Crippen LogP) is 0.767. The first kappa shape index (κ1) is 11.4. The number of hydrogen-bond acceptors (Lipinski definition) is 6. The molecule has 8 heteroatoms. The molecule has 0 amide bonds. The Morgan fingerprint density at radius 1 is 1.33 bits per heavy atom. The van der Waals surface area contributed by atoms with E-state index < -0.39 is 24.1 Å². The van der Waals surface area contributed by atoms with Crippen molar-refractivity contribution >= 4 is 18.7 Å². The van der Waals surface area contributed by atoms with Gasteiger partial charge in [-0.1, -0.05) is 6.58 Å². The van der Waals surface area contributed by atoms with Crippen LogP contribution in [0.15, 0.2) is 12.0 Å². The highest BCUT2D eigenvalue weighted by molar-refractivity contribution is 7.89. The average molecular weight is 254 g/mol. The number of hydrogen-bond donors (Lipinski definition) is 0. The molecule has 6 nitrogen and oxygen atoms in total. The lowest BCUT2D eigenvalue weighted by Gasteiger charge is -2.43. The van der Waals surface area contributed by atoms with Crippen molar-refractivity contribution in [3.8, 4) is 0 Å². The molecule has 3 fully saturated rings. The van der Waals surface area contributed by atoms with E-state index in [9.17, 15) is 8.42 Å². The summed E-state index contributed by atoms with van der Waals surface area (Å²) in [6, 6.07) is 0. The van der Waals surface area contributed by atoms with Crippen molar-refractivity contribution in [3.05, 3.63) is 12.0 Å². The Labute approximate surface area is 89.3 Å². The molecule has 3 aliphatic heterocycles. The highest BCUT2D eigenvalue weighted by Crippen LogP contribution is 2.53. The molecular weight excluding hydrogens is 243 g/mol. The average Bonchev–Trinajstić information content (AvgIpc) is 2.30. The van der Waals surface area contributed by atoms with Crippen LogP contribution in [-0.2, 0) is 27.9 Å². The summed E-state index contributed by atoms with van der Waals surface area (Å²) < 4.78 is 42.5. The van der Waals surface area contributed by atoms with Gasteiger partial charge in [0.1, 0.15) is 0 Å². The molecule has 0 spiro atoms. The van der Waals surface area contributed by atoms with Crippen molar-refractivity contribution in [2.45, 2.75) is 0 Å². The molecule has 0 aliphatic carbocycles. The molecule has 15 heavy (non-hydrogen) atoms. The lowest BCUT2D eigenvalue weighted by Crippen LogP contribution is -2.47. The molecule has 2 bridgehead atoms. The monoisotopic (exact) mass is 254 g/mol. The van der Waals surface area contributed by atoms with E-state index in [1.165, 1.54) is 0 Å². The number of fused-ring (bicyclic) bond motifs is 3. The molecule has 3 heterocycles. The van der Waals surface area contributed by atoms with Crippen LogP contribution in [0.2, 0.25) is 0 Å². The molecule has 86 valence electrons. The SMILES string of the molecule is C=CS(=O)(=O)OCC12COP(OC1)OC2. The molecule has 3 aliphatic rings. The van der Waals surface area contributed by atoms with Gasteiger partial charge < -0.3 is 13.6 Å². The van der Waals surface area contributed by atoms with Gasteiger partial charge in [-0.05, 0) is 0 Å². The third kappa shape index (κ3) is 2.55. The van der Waals surface area contributed by atoms with Crippen molar-refractivity contribution in [1.29, 1.82) is 0 Å². The highest BCUT2D eigenvalue weighted by Gasteiger charge is 2.45. The molecule has 0 unspecified atom stereocenters. The summed E-state index contributed by atoms with van der Waals surface area (Å²) in [4.78, 5) is 0. The van der Waals surface area contributed by atoms with E-state index in [0.29, 0.717) is 19.8 Å². The minimum Gasteiger partial charge on any atom is -0.311 e. The summed E-state index contributed by atoms with van der Waals surface area (Å²) in [5.74, 6) is 0. The topological polar surface area (TPSA) is 71.1 Å². The van der Waals surface area contributed by atoms with Gasteiger partial charge in [0.05, 0.1) is 37.3 Å². The number of rotatable bonds is 4. The van der Waals surface area contributed by atoms with E-state index in [1.807, 2.05) is 0 Å². The molecule has 0 N–H and O–H groups in total. The molecular formula is C7H11O6PS. The van der Waals surface area contributed by atoms with Crippen LogP contribution in [0.25, 0.3) is 0 Å². The van der Waals surface area contributed by atoms with Crippen molar-refractivity contribution in [3.63, 3.8) is 0 Å². The van der Waals surface area contributed by atoms with Crippen LogP contribution in [0.4, 0.5) is 0 Å². The lowest BCUT2D eigenvalue weighted by atomic mass is 9.93. The van der Waals surface area contributed by atoms with Crippen LogP contribution < -0.4 is 0 Å². The molecule has 0 aromatic rings. The normalized spacial score (nSPS) is 35.3. The maximum absolute atomic E-state index is 11.1. The second kappa shape index (κ2) is 4.08.